The summed E-state index contributed by atoms with van der Waals surface area (Å²) in [7, 11) is 1.37. The fourth-order valence-corrected chi connectivity index (χ4v) is 2.81. The fraction of sp³-hybridized carbons (Fsp3) is 0.400. The Balaban J connectivity index is 1.92. The lowest BCUT2D eigenvalue weighted by Crippen LogP contribution is -2.32. The van der Waals surface area contributed by atoms with Crippen molar-refractivity contribution in [2.75, 3.05) is 13.7 Å². The smallest absolute Gasteiger partial charge is 0.305 e. The van der Waals surface area contributed by atoms with Gasteiger partial charge in [-0.05, 0) is 44.0 Å². The van der Waals surface area contributed by atoms with Gasteiger partial charge in [-0.1, -0.05) is 24.4 Å². The number of carbonyl (C=O) groups excluding carboxylic acids is 2. The topological polar surface area (TPSA) is 90.3 Å². The number of unbranched alkanes of at least 4 members (excludes halogenated alkanes) is 3. The molecule has 0 fully saturated rings. The molecule has 7 nitrogen and oxygen atoms in total. The third kappa shape index (κ3) is 6.20. The molecule has 0 aliphatic heterocycles. The van der Waals surface area contributed by atoms with Gasteiger partial charge in [0.25, 0.3) is 5.91 Å². The molecule has 0 radical (unpaired) electrons. The molecule has 0 spiro atoms. The van der Waals surface area contributed by atoms with Crippen LogP contribution < -0.4 is 10.7 Å². The molecule has 1 aromatic carbocycles. The van der Waals surface area contributed by atoms with E-state index in [1.807, 2.05) is 0 Å². The molecule has 2 rings (SSSR count). The highest BCUT2D eigenvalue weighted by Gasteiger charge is 2.15. The van der Waals surface area contributed by atoms with Crippen LogP contribution in [-0.4, -0.2) is 35.3 Å². The predicted octanol–water partition coefficient (Wildman–Crippen LogP) is 3.05. The normalized spacial score (nSPS) is 10.5. The number of nitrogens with zero attached hydrogens (tertiary/aromatic N) is 2. The summed E-state index contributed by atoms with van der Waals surface area (Å²) in [5.74, 6) is -0.710. The van der Waals surface area contributed by atoms with E-state index in [0.29, 0.717) is 29.4 Å². The standard InChI is InChI=1S/C20H24ClN3O4/c1-14-13-17(25)19(23-24(14)16-10-8-15(21)9-11-16)20(27)22-12-6-4-3-5-7-18(26)28-2/h8-11,13H,3-7,12H2,1-2H3,(H,22,27). The van der Waals surface area contributed by atoms with Crippen LogP contribution in [0.5, 0.6) is 0 Å². The predicted molar refractivity (Wildman–Crippen MR) is 107 cm³/mol. The van der Waals surface area contributed by atoms with Gasteiger partial charge in [0.15, 0.2) is 5.69 Å². The van der Waals surface area contributed by atoms with Gasteiger partial charge in [0.2, 0.25) is 5.43 Å². The Morgan fingerprint density at radius 2 is 1.82 bits per heavy atom. The Bertz CT molecular complexity index is 878. The summed E-state index contributed by atoms with van der Waals surface area (Å²) in [5.41, 5.74) is 0.764. The number of nitrogens with one attached hydrogen (secondary N) is 1. The third-order valence-corrected chi connectivity index (χ3v) is 4.47. The number of hydrogen-bond donors (Lipinski definition) is 1. The molecule has 0 unspecified atom stereocenters. The number of rotatable bonds is 9. The lowest BCUT2D eigenvalue weighted by molar-refractivity contribution is -0.140. The Kier molecular flexibility index (Phi) is 8.19. The van der Waals surface area contributed by atoms with Gasteiger partial charge in [0.05, 0.1) is 12.8 Å². The zero-order valence-electron chi connectivity index (χ0n) is 16.0. The molecule has 1 aromatic heterocycles. The van der Waals surface area contributed by atoms with Gasteiger partial charge in [0, 0.05) is 29.7 Å². The van der Waals surface area contributed by atoms with Crippen LogP contribution in [0.15, 0.2) is 35.1 Å². The summed E-state index contributed by atoms with van der Waals surface area (Å²) in [4.78, 5) is 35.6. The number of amides is 1. The van der Waals surface area contributed by atoms with Crippen molar-refractivity contribution in [3.05, 3.63) is 57.0 Å². The van der Waals surface area contributed by atoms with Crippen LogP contribution in [0.2, 0.25) is 5.02 Å². The first-order chi connectivity index (χ1) is 13.4. The molecule has 28 heavy (non-hydrogen) atoms. The number of aryl methyl sites for hydroxylation is 1. The highest BCUT2D eigenvalue weighted by molar-refractivity contribution is 6.30. The van der Waals surface area contributed by atoms with Crippen LogP contribution in [0.1, 0.15) is 48.3 Å². The Labute approximate surface area is 168 Å². The van der Waals surface area contributed by atoms with Crippen molar-refractivity contribution in [2.24, 2.45) is 0 Å². The van der Waals surface area contributed by atoms with Gasteiger partial charge < -0.3 is 10.1 Å². The number of esters is 1. The molecule has 8 heteroatoms. The van der Waals surface area contributed by atoms with Gasteiger partial charge in [-0.15, -0.1) is 0 Å². The van der Waals surface area contributed by atoms with Crippen LogP contribution in [-0.2, 0) is 9.53 Å². The van der Waals surface area contributed by atoms with Gasteiger partial charge in [0.1, 0.15) is 0 Å². The molecule has 1 heterocycles. The van der Waals surface area contributed by atoms with E-state index in [4.69, 9.17) is 11.6 Å². The molecule has 0 saturated carbocycles. The summed E-state index contributed by atoms with van der Waals surface area (Å²) in [5, 5.41) is 7.55. The average Bonchev–Trinajstić information content (AvgIpc) is 2.67. The summed E-state index contributed by atoms with van der Waals surface area (Å²) in [6.45, 7) is 2.19. The van der Waals surface area contributed by atoms with E-state index < -0.39 is 11.3 Å². The Hall–Kier alpha value is -2.67. The lowest BCUT2D eigenvalue weighted by atomic mass is 10.1. The number of ether oxygens (including phenoxy) is 1. The van der Waals surface area contributed by atoms with E-state index in [1.165, 1.54) is 13.2 Å². The first kappa shape index (κ1) is 21.6. The Morgan fingerprint density at radius 3 is 2.50 bits per heavy atom. The lowest BCUT2D eigenvalue weighted by Gasteiger charge is -2.11. The van der Waals surface area contributed by atoms with Crippen molar-refractivity contribution in [1.82, 2.24) is 15.1 Å². The van der Waals surface area contributed by atoms with Crippen LogP contribution in [0, 0.1) is 6.92 Å². The SMILES string of the molecule is COC(=O)CCCCCCNC(=O)c1nn(-c2ccc(Cl)cc2)c(C)cc1=O. The van der Waals surface area contributed by atoms with E-state index in [2.05, 4.69) is 15.2 Å². The molecule has 0 atom stereocenters. The van der Waals surface area contributed by atoms with E-state index in [1.54, 1.807) is 35.9 Å². The van der Waals surface area contributed by atoms with E-state index in [0.717, 1.165) is 25.7 Å². The summed E-state index contributed by atoms with van der Waals surface area (Å²) >= 11 is 5.90. The second-order valence-corrected chi connectivity index (χ2v) is 6.82. The number of hydrogen-bond acceptors (Lipinski definition) is 5. The van der Waals surface area contributed by atoms with Crippen LogP contribution in [0.3, 0.4) is 0 Å². The first-order valence-corrected chi connectivity index (χ1v) is 9.52. The van der Waals surface area contributed by atoms with E-state index >= 15 is 0 Å². The summed E-state index contributed by atoms with van der Waals surface area (Å²) < 4.78 is 6.13. The van der Waals surface area contributed by atoms with Crippen LogP contribution in [0.25, 0.3) is 5.69 Å². The molecule has 1 N–H and O–H groups in total. The fourth-order valence-electron chi connectivity index (χ4n) is 2.68. The Morgan fingerprint density at radius 1 is 1.14 bits per heavy atom. The summed E-state index contributed by atoms with van der Waals surface area (Å²) in [6, 6.07) is 8.36. The monoisotopic (exact) mass is 405 g/mol. The highest BCUT2D eigenvalue weighted by Crippen LogP contribution is 2.13. The molecule has 1 amide bonds. The molecule has 150 valence electrons. The second kappa shape index (κ2) is 10.6. The zero-order valence-corrected chi connectivity index (χ0v) is 16.8. The molecule has 0 bridgehead atoms. The van der Waals surface area contributed by atoms with Gasteiger partial charge in [-0.25, -0.2) is 4.68 Å². The van der Waals surface area contributed by atoms with Crippen molar-refractivity contribution < 1.29 is 14.3 Å². The van der Waals surface area contributed by atoms with Crippen molar-refractivity contribution in [3.8, 4) is 5.69 Å². The molecule has 2 aromatic rings. The molecule has 0 saturated heterocycles. The zero-order chi connectivity index (χ0) is 20.5. The maximum absolute atomic E-state index is 12.4. The van der Waals surface area contributed by atoms with Gasteiger partial charge in [-0.2, -0.15) is 5.10 Å². The van der Waals surface area contributed by atoms with Gasteiger partial charge >= 0.3 is 5.97 Å². The minimum absolute atomic E-state index is 0.147. The quantitative estimate of drug-likeness (QED) is 0.511. The largest absolute Gasteiger partial charge is 0.469 e. The maximum Gasteiger partial charge on any atom is 0.305 e. The molecule has 0 aliphatic carbocycles. The van der Waals surface area contributed by atoms with Crippen molar-refractivity contribution in [2.45, 2.75) is 39.0 Å². The van der Waals surface area contributed by atoms with Crippen LogP contribution in [0.4, 0.5) is 0 Å². The minimum Gasteiger partial charge on any atom is -0.469 e. The number of benzene rings is 1. The van der Waals surface area contributed by atoms with E-state index in [-0.39, 0.29) is 11.7 Å². The number of methoxy groups -OCH3 is 1. The number of carbonyl (C=O) groups is 2. The molecular weight excluding hydrogens is 382 g/mol. The molecular formula is C20H24ClN3O4. The average molecular weight is 406 g/mol. The highest BCUT2D eigenvalue weighted by atomic mass is 35.5. The minimum atomic E-state index is -0.498. The number of aromatic nitrogens is 2. The van der Waals surface area contributed by atoms with Crippen molar-refractivity contribution in [1.29, 1.82) is 0 Å². The van der Waals surface area contributed by atoms with E-state index in [9.17, 15) is 14.4 Å². The van der Waals surface area contributed by atoms with Gasteiger partial charge in [-0.3, -0.25) is 14.4 Å². The second-order valence-electron chi connectivity index (χ2n) is 6.38. The molecule has 0 aliphatic rings. The van der Waals surface area contributed by atoms with Crippen molar-refractivity contribution in [3.63, 3.8) is 0 Å². The third-order valence-electron chi connectivity index (χ3n) is 4.21. The summed E-state index contributed by atoms with van der Waals surface area (Å²) in [6.07, 6.45) is 3.65. The number of halogens is 1. The van der Waals surface area contributed by atoms with Crippen molar-refractivity contribution >= 4 is 23.5 Å². The maximum atomic E-state index is 12.4. The first-order valence-electron chi connectivity index (χ1n) is 9.14. The van der Waals surface area contributed by atoms with Crippen LogP contribution >= 0.6 is 11.6 Å².